The predicted molar refractivity (Wildman–Crippen MR) is 111 cm³/mol. The van der Waals surface area contributed by atoms with Gasteiger partial charge in [0.25, 0.3) is 0 Å². The van der Waals surface area contributed by atoms with E-state index in [1.165, 1.54) is 4.31 Å². The number of benzene rings is 2. The fourth-order valence-electron chi connectivity index (χ4n) is 3.42. The first-order valence-corrected chi connectivity index (χ1v) is 11.4. The fraction of sp³-hybridized carbons (Fsp3) is 0.381. The summed E-state index contributed by atoms with van der Waals surface area (Å²) in [6.07, 6.45) is 1.06. The summed E-state index contributed by atoms with van der Waals surface area (Å²) in [5.41, 5.74) is 2.66. The van der Waals surface area contributed by atoms with Crippen LogP contribution in [0.3, 0.4) is 0 Å². The maximum atomic E-state index is 12.7. The highest BCUT2D eigenvalue weighted by molar-refractivity contribution is 7.88. The van der Waals surface area contributed by atoms with E-state index in [-0.39, 0.29) is 17.6 Å². The standard InChI is InChI=1S/C21H25ClN2O3S/c1-16-6-2-3-8-19(16)15-28(26,27)24-12-10-17(11-13-24)21(25)23-14-18-7-4-5-9-20(18)22/h2-9,17H,10-15H2,1H3,(H,23,25). The van der Waals surface area contributed by atoms with Gasteiger partial charge >= 0.3 is 0 Å². The van der Waals surface area contributed by atoms with Gasteiger partial charge in [-0.3, -0.25) is 4.79 Å². The van der Waals surface area contributed by atoms with Gasteiger partial charge in [0.2, 0.25) is 15.9 Å². The third-order valence-electron chi connectivity index (χ3n) is 5.23. The van der Waals surface area contributed by atoms with Crippen molar-refractivity contribution in [3.05, 3.63) is 70.2 Å². The number of rotatable bonds is 6. The van der Waals surface area contributed by atoms with Crippen molar-refractivity contribution in [2.45, 2.75) is 32.1 Å². The van der Waals surface area contributed by atoms with Crippen molar-refractivity contribution in [3.8, 4) is 0 Å². The molecule has 0 spiro atoms. The third-order valence-corrected chi connectivity index (χ3v) is 7.42. The van der Waals surface area contributed by atoms with Crippen LogP contribution in [0.25, 0.3) is 0 Å². The Morgan fingerprint density at radius 1 is 1.07 bits per heavy atom. The van der Waals surface area contributed by atoms with Crippen LogP contribution in [0, 0.1) is 12.8 Å². The van der Waals surface area contributed by atoms with Crippen molar-refractivity contribution in [3.63, 3.8) is 0 Å². The van der Waals surface area contributed by atoms with Crippen LogP contribution in [-0.2, 0) is 27.1 Å². The molecule has 1 amide bonds. The maximum absolute atomic E-state index is 12.7. The van der Waals surface area contributed by atoms with Crippen LogP contribution >= 0.6 is 11.6 Å². The molecule has 2 aromatic rings. The Kier molecular flexibility index (Phi) is 6.75. The van der Waals surface area contributed by atoms with Crippen molar-refractivity contribution < 1.29 is 13.2 Å². The molecule has 28 heavy (non-hydrogen) atoms. The monoisotopic (exact) mass is 420 g/mol. The summed E-state index contributed by atoms with van der Waals surface area (Å²) in [7, 11) is -3.38. The number of hydrogen-bond donors (Lipinski definition) is 1. The van der Waals surface area contributed by atoms with Crippen LogP contribution < -0.4 is 5.32 Å². The number of carbonyl (C=O) groups is 1. The normalized spacial score (nSPS) is 16.1. The number of carbonyl (C=O) groups excluding carboxylic acids is 1. The van der Waals surface area contributed by atoms with Crippen LogP contribution in [-0.4, -0.2) is 31.7 Å². The highest BCUT2D eigenvalue weighted by atomic mass is 35.5. The van der Waals surface area contributed by atoms with Gasteiger partial charge in [0.1, 0.15) is 0 Å². The number of amides is 1. The van der Waals surface area contributed by atoms with Crippen molar-refractivity contribution in [2.75, 3.05) is 13.1 Å². The van der Waals surface area contributed by atoms with E-state index in [4.69, 9.17) is 11.6 Å². The van der Waals surface area contributed by atoms with Gasteiger partial charge in [-0.2, -0.15) is 0 Å². The van der Waals surface area contributed by atoms with E-state index >= 15 is 0 Å². The van der Waals surface area contributed by atoms with E-state index < -0.39 is 10.0 Å². The topological polar surface area (TPSA) is 66.5 Å². The summed E-state index contributed by atoms with van der Waals surface area (Å²) in [5.74, 6) is -0.216. The molecule has 0 atom stereocenters. The Hall–Kier alpha value is -1.89. The number of nitrogens with zero attached hydrogens (tertiary/aromatic N) is 1. The maximum Gasteiger partial charge on any atom is 0.223 e. The quantitative estimate of drug-likeness (QED) is 0.777. The second-order valence-corrected chi connectivity index (χ2v) is 9.54. The average molecular weight is 421 g/mol. The average Bonchev–Trinajstić information content (AvgIpc) is 2.69. The van der Waals surface area contributed by atoms with Crippen LogP contribution in [0.5, 0.6) is 0 Å². The molecule has 1 fully saturated rings. The zero-order chi connectivity index (χ0) is 20.1. The van der Waals surface area contributed by atoms with Gasteiger partial charge in [0.15, 0.2) is 0 Å². The molecule has 0 unspecified atom stereocenters. The minimum atomic E-state index is -3.38. The Bertz CT molecular complexity index is 938. The summed E-state index contributed by atoms with van der Waals surface area (Å²) < 4.78 is 27.0. The van der Waals surface area contributed by atoms with E-state index in [2.05, 4.69) is 5.32 Å². The molecule has 7 heteroatoms. The van der Waals surface area contributed by atoms with Crippen molar-refractivity contribution in [2.24, 2.45) is 5.92 Å². The molecule has 1 heterocycles. The summed E-state index contributed by atoms with van der Waals surface area (Å²) >= 11 is 6.12. The lowest BCUT2D eigenvalue weighted by Gasteiger charge is -2.30. The first-order valence-electron chi connectivity index (χ1n) is 9.40. The highest BCUT2D eigenvalue weighted by Gasteiger charge is 2.31. The van der Waals surface area contributed by atoms with Gasteiger partial charge in [0, 0.05) is 30.6 Å². The minimum Gasteiger partial charge on any atom is -0.352 e. The molecule has 0 aliphatic carbocycles. The number of piperidine rings is 1. The highest BCUT2D eigenvalue weighted by Crippen LogP contribution is 2.23. The SMILES string of the molecule is Cc1ccccc1CS(=O)(=O)N1CCC(C(=O)NCc2ccccc2Cl)CC1. The van der Waals surface area contributed by atoms with Crippen LogP contribution in [0.2, 0.25) is 5.02 Å². The Morgan fingerprint density at radius 2 is 1.68 bits per heavy atom. The first kappa shape index (κ1) is 20.8. The molecule has 2 aromatic carbocycles. The molecule has 1 aliphatic rings. The molecular formula is C21H25ClN2O3S. The van der Waals surface area contributed by atoms with Gasteiger partial charge in [-0.1, -0.05) is 54.1 Å². The second kappa shape index (κ2) is 9.07. The Morgan fingerprint density at radius 3 is 2.32 bits per heavy atom. The molecule has 3 rings (SSSR count). The molecule has 0 bridgehead atoms. The molecule has 0 aromatic heterocycles. The lowest BCUT2D eigenvalue weighted by Crippen LogP contribution is -2.43. The largest absolute Gasteiger partial charge is 0.352 e. The lowest BCUT2D eigenvalue weighted by atomic mass is 9.97. The lowest BCUT2D eigenvalue weighted by molar-refractivity contribution is -0.126. The predicted octanol–water partition coefficient (Wildman–Crippen LogP) is 3.51. The van der Waals surface area contributed by atoms with Crippen LogP contribution in [0.15, 0.2) is 48.5 Å². The number of sulfonamides is 1. The number of halogens is 1. The van der Waals surface area contributed by atoms with E-state index in [0.717, 1.165) is 16.7 Å². The van der Waals surface area contributed by atoms with Crippen molar-refractivity contribution in [1.82, 2.24) is 9.62 Å². The van der Waals surface area contributed by atoms with E-state index in [9.17, 15) is 13.2 Å². The molecule has 0 saturated carbocycles. The number of aryl methyl sites for hydroxylation is 1. The molecule has 150 valence electrons. The first-order chi connectivity index (χ1) is 13.4. The molecule has 5 nitrogen and oxygen atoms in total. The van der Waals surface area contributed by atoms with Crippen LogP contribution in [0.4, 0.5) is 0 Å². The molecule has 1 N–H and O–H groups in total. The van der Waals surface area contributed by atoms with E-state index in [1.54, 1.807) is 6.07 Å². The van der Waals surface area contributed by atoms with Gasteiger partial charge in [-0.15, -0.1) is 0 Å². The van der Waals surface area contributed by atoms with Gasteiger partial charge in [0.05, 0.1) is 5.75 Å². The van der Waals surface area contributed by atoms with E-state index in [0.29, 0.717) is 37.5 Å². The molecular weight excluding hydrogens is 396 g/mol. The Labute approximate surface area is 171 Å². The van der Waals surface area contributed by atoms with Crippen molar-refractivity contribution >= 4 is 27.5 Å². The van der Waals surface area contributed by atoms with Crippen LogP contribution in [0.1, 0.15) is 29.5 Å². The second-order valence-electron chi connectivity index (χ2n) is 7.17. The molecule has 0 radical (unpaired) electrons. The smallest absolute Gasteiger partial charge is 0.223 e. The minimum absolute atomic E-state index is 0.00302. The summed E-state index contributed by atoms with van der Waals surface area (Å²) in [6.45, 7) is 3.04. The van der Waals surface area contributed by atoms with Crippen molar-refractivity contribution in [1.29, 1.82) is 0 Å². The number of hydrogen-bond acceptors (Lipinski definition) is 3. The number of nitrogens with one attached hydrogen (secondary N) is 1. The molecule has 1 aliphatic heterocycles. The summed E-state index contributed by atoms with van der Waals surface area (Å²) in [6, 6.07) is 14.9. The summed E-state index contributed by atoms with van der Waals surface area (Å²) in [4.78, 5) is 12.5. The fourth-order valence-corrected chi connectivity index (χ4v) is 5.29. The molecule has 1 saturated heterocycles. The van der Waals surface area contributed by atoms with Gasteiger partial charge < -0.3 is 5.32 Å². The van der Waals surface area contributed by atoms with E-state index in [1.807, 2.05) is 49.4 Å². The summed E-state index contributed by atoms with van der Waals surface area (Å²) in [5, 5.41) is 3.54. The Balaban J connectivity index is 1.53. The zero-order valence-electron chi connectivity index (χ0n) is 15.9. The van der Waals surface area contributed by atoms with Gasteiger partial charge in [-0.05, 0) is 42.5 Å². The van der Waals surface area contributed by atoms with Gasteiger partial charge in [-0.25, -0.2) is 12.7 Å². The zero-order valence-corrected chi connectivity index (χ0v) is 17.5. The third kappa shape index (κ3) is 5.13.